The topological polar surface area (TPSA) is 87.5 Å². The Morgan fingerprint density at radius 1 is 0.889 bits per heavy atom. The molecule has 8 nitrogen and oxygen atoms in total. The van der Waals surface area contributed by atoms with Gasteiger partial charge in [0.25, 0.3) is 11.8 Å². The van der Waals surface area contributed by atoms with Crippen molar-refractivity contribution in [3.63, 3.8) is 0 Å². The molecule has 3 aromatic rings. The standard InChI is InChI=1S/C28H31N5O3/c34-26(29-19-21-10-3-1-4-11-21)24-14-7-8-16-32(24)27(35)23-18-25-28(36)31(15-9-17-33(25)30-23)20-22-12-5-2-6-13-22/h1-6,10-13,18,24H,7-9,14-17,19-20H2,(H,29,34)/t24-/m1/s1. The minimum atomic E-state index is -0.540. The Kier molecular flexibility index (Phi) is 7.11. The number of aromatic nitrogens is 2. The van der Waals surface area contributed by atoms with E-state index in [0.717, 1.165) is 30.4 Å². The zero-order valence-corrected chi connectivity index (χ0v) is 20.3. The Morgan fingerprint density at radius 3 is 2.36 bits per heavy atom. The zero-order chi connectivity index (χ0) is 24.9. The van der Waals surface area contributed by atoms with Crippen LogP contribution in [0.15, 0.2) is 66.7 Å². The quantitative estimate of drug-likeness (QED) is 0.581. The molecule has 3 heterocycles. The number of nitrogens with one attached hydrogen (secondary N) is 1. The highest BCUT2D eigenvalue weighted by atomic mass is 16.2. The first-order valence-corrected chi connectivity index (χ1v) is 12.6. The van der Waals surface area contributed by atoms with Gasteiger partial charge >= 0.3 is 0 Å². The molecule has 0 saturated carbocycles. The van der Waals surface area contributed by atoms with Crippen LogP contribution in [0, 0.1) is 0 Å². The summed E-state index contributed by atoms with van der Waals surface area (Å²) < 4.78 is 1.65. The van der Waals surface area contributed by atoms with Gasteiger partial charge in [0.15, 0.2) is 5.69 Å². The number of hydrogen-bond acceptors (Lipinski definition) is 4. The van der Waals surface area contributed by atoms with E-state index in [-0.39, 0.29) is 23.4 Å². The summed E-state index contributed by atoms with van der Waals surface area (Å²) in [7, 11) is 0. The van der Waals surface area contributed by atoms with Gasteiger partial charge in [-0.05, 0) is 36.8 Å². The van der Waals surface area contributed by atoms with Crippen LogP contribution in [0.5, 0.6) is 0 Å². The van der Waals surface area contributed by atoms with Crippen molar-refractivity contribution in [1.82, 2.24) is 24.9 Å². The number of hydrogen-bond donors (Lipinski definition) is 1. The number of rotatable bonds is 6. The van der Waals surface area contributed by atoms with Crippen LogP contribution in [0.4, 0.5) is 0 Å². The normalized spacial score (nSPS) is 17.9. The molecule has 1 fully saturated rings. The van der Waals surface area contributed by atoms with Crippen molar-refractivity contribution in [2.75, 3.05) is 13.1 Å². The van der Waals surface area contributed by atoms with E-state index in [1.807, 2.05) is 65.6 Å². The first-order valence-electron chi connectivity index (χ1n) is 12.6. The van der Waals surface area contributed by atoms with E-state index in [1.165, 1.54) is 0 Å². The molecule has 1 saturated heterocycles. The second kappa shape index (κ2) is 10.8. The van der Waals surface area contributed by atoms with Crippen LogP contribution in [-0.2, 0) is 24.4 Å². The van der Waals surface area contributed by atoms with Crippen molar-refractivity contribution < 1.29 is 14.4 Å². The molecule has 0 spiro atoms. The number of piperidine rings is 1. The van der Waals surface area contributed by atoms with Gasteiger partial charge in [-0.3, -0.25) is 19.1 Å². The van der Waals surface area contributed by atoms with Crippen LogP contribution in [-0.4, -0.2) is 56.4 Å². The minimum absolute atomic E-state index is 0.126. The lowest BCUT2D eigenvalue weighted by Crippen LogP contribution is -2.51. The van der Waals surface area contributed by atoms with E-state index in [1.54, 1.807) is 15.6 Å². The number of carbonyl (C=O) groups excluding carboxylic acids is 3. The third kappa shape index (κ3) is 5.17. The van der Waals surface area contributed by atoms with Crippen molar-refractivity contribution in [3.05, 3.63) is 89.2 Å². The number of benzene rings is 2. The van der Waals surface area contributed by atoms with Gasteiger partial charge in [-0.15, -0.1) is 0 Å². The van der Waals surface area contributed by atoms with E-state index < -0.39 is 6.04 Å². The average Bonchev–Trinajstić information content (AvgIpc) is 3.30. The maximum Gasteiger partial charge on any atom is 0.275 e. The molecule has 5 rings (SSSR count). The summed E-state index contributed by atoms with van der Waals surface area (Å²) in [5, 5.41) is 7.49. The van der Waals surface area contributed by atoms with Crippen molar-refractivity contribution in [3.8, 4) is 0 Å². The molecule has 1 N–H and O–H groups in total. The van der Waals surface area contributed by atoms with E-state index in [2.05, 4.69) is 10.4 Å². The van der Waals surface area contributed by atoms with Gasteiger partial charge < -0.3 is 15.1 Å². The van der Waals surface area contributed by atoms with Crippen LogP contribution in [0.3, 0.4) is 0 Å². The van der Waals surface area contributed by atoms with E-state index >= 15 is 0 Å². The van der Waals surface area contributed by atoms with Crippen LogP contribution in [0.2, 0.25) is 0 Å². The summed E-state index contributed by atoms with van der Waals surface area (Å²) in [6.45, 7) is 2.64. The molecule has 0 bridgehead atoms. The van der Waals surface area contributed by atoms with E-state index in [9.17, 15) is 14.4 Å². The highest BCUT2D eigenvalue weighted by Gasteiger charge is 2.35. The van der Waals surface area contributed by atoms with Crippen molar-refractivity contribution in [2.24, 2.45) is 0 Å². The summed E-state index contributed by atoms with van der Waals surface area (Å²) >= 11 is 0. The predicted octanol–water partition coefficient (Wildman–Crippen LogP) is 3.24. The number of aryl methyl sites for hydroxylation is 1. The summed E-state index contributed by atoms with van der Waals surface area (Å²) in [5.74, 6) is -0.575. The largest absolute Gasteiger partial charge is 0.350 e. The van der Waals surface area contributed by atoms with Crippen molar-refractivity contribution in [2.45, 2.75) is 51.4 Å². The Hall–Kier alpha value is -3.94. The Bertz CT molecular complexity index is 1220. The fraction of sp³-hybridized carbons (Fsp3) is 0.357. The van der Waals surface area contributed by atoms with Crippen LogP contribution in [0.25, 0.3) is 0 Å². The van der Waals surface area contributed by atoms with Crippen molar-refractivity contribution >= 4 is 17.7 Å². The summed E-state index contributed by atoms with van der Waals surface area (Å²) in [4.78, 5) is 43.3. The van der Waals surface area contributed by atoms with Gasteiger partial charge in [0.2, 0.25) is 5.91 Å². The maximum absolute atomic E-state index is 13.5. The summed E-state index contributed by atoms with van der Waals surface area (Å²) in [6, 6.07) is 20.7. The molecular weight excluding hydrogens is 454 g/mol. The number of likely N-dealkylation sites (tertiary alicyclic amines) is 1. The Morgan fingerprint density at radius 2 is 1.61 bits per heavy atom. The number of nitrogens with zero attached hydrogens (tertiary/aromatic N) is 4. The fourth-order valence-corrected chi connectivity index (χ4v) is 4.99. The molecule has 0 radical (unpaired) electrons. The Labute approximate surface area is 210 Å². The van der Waals surface area contributed by atoms with Gasteiger partial charge in [0.1, 0.15) is 11.7 Å². The molecule has 3 amide bonds. The molecule has 1 atom stereocenters. The maximum atomic E-state index is 13.5. The molecule has 0 unspecified atom stereocenters. The molecule has 8 heteroatoms. The van der Waals surface area contributed by atoms with Gasteiger partial charge in [0.05, 0.1) is 0 Å². The van der Waals surface area contributed by atoms with Crippen molar-refractivity contribution in [1.29, 1.82) is 0 Å². The molecule has 1 aromatic heterocycles. The Balaban J connectivity index is 1.30. The monoisotopic (exact) mass is 485 g/mol. The van der Waals surface area contributed by atoms with Gasteiger partial charge in [-0.2, -0.15) is 5.10 Å². The first kappa shape index (κ1) is 23.8. The summed E-state index contributed by atoms with van der Waals surface area (Å²) in [6.07, 6.45) is 3.10. The van der Waals surface area contributed by atoms with Gasteiger partial charge in [-0.1, -0.05) is 60.7 Å². The first-order chi connectivity index (χ1) is 17.6. The number of fused-ring (bicyclic) bond motifs is 1. The molecule has 36 heavy (non-hydrogen) atoms. The molecule has 186 valence electrons. The summed E-state index contributed by atoms with van der Waals surface area (Å²) in [5.41, 5.74) is 2.72. The lowest BCUT2D eigenvalue weighted by atomic mass is 10.0. The van der Waals surface area contributed by atoms with Gasteiger partial charge in [0, 0.05) is 38.8 Å². The second-order valence-electron chi connectivity index (χ2n) is 9.42. The SMILES string of the molecule is O=C(NCc1ccccc1)[C@H]1CCCCN1C(=O)c1cc2n(n1)CCCN(Cc1ccccc1)C2=O. The third-order valence-electron chi connectivity index (χ3n) is 6.90. The third-order valence-corrected chi connectivity index (χ3v) is 6.90. The molecular formula is C28H31N5O3. The highest BCUT2D eigenvalue weighted by molar-refractivity contribution is 5.99. The number of carbonyl (C=O) groups is 3. The second-order valence-corrected chi connectivity index (χ2v) is 9.42. The zero-order valence-electron chi connectivity index (χ0n) is 20.3. The van der Waals surface area contributed by atoms with Crippen LogP contribution >= 0.6 is 0 Å². The molecule has 0 aliphatic carbocycles. The average molecular weight is 486 g/mol. The smallest absolute Gasteiger partial charge is 0.275 e. The van der Waals surface area contributed by atoms with Crippen LogP contribution < -0.4 is 5.32 Å². The molecule has 2 aliphatic heterocycles. The number of amides is 3. The lowest BCUT2D eigenvalue weighted by molar-refractivity contribution is -0.126. The fourth-order valence-electron chi connectivity index (χ4n) is 4.99. The predicted molar refractivity (Wildman–Crippen MR) is 135 cm³/mol. The minimum Gasteiger partial charge on any atom is -0.350 e. The van der Waals surface area contributed by atoms with E-state index in [0.29, 0.717) is 44.8 Å². The van der Waals surface area contributed by atoms with Crippen LogP contribution in [0.1, 0.15) is 57.8 Å². The highest BCUT2D eigenvalue weighted by Crippen LogP contribution is 2.22. The molecule has 2 aliphatic rings. The lowest BCUT2D eigenvalue weighted by Gasteiger charge is -2.34. The molecule has 2 aromatic carbocycles. The van der Waals surface area contributed by atoms with E-state index in [4.69, 9.17) is 0 Å². The van der Waals surface area contributed by atoms with Gasteiger partial charge in [-0.25, -0.2) is 0 Å².